The lowest BCUT2D eigenvalue weighted by molar-refractivity contribution is -0.140. The molecule has 0 aliphatic heterocycles. The molecular formula is C33H40ClN3O4S. The van der Waals surface area contributed by atoms with Gasteiger partial charge in [0.15, 0.2) is 0 Å². The van der Waals surface area contributed by atoms with Gasteiger partial charge in [-0.15, -0.1) is 0 Å². The number of amides is 2. The summed E-state index contributed by atoms with van der Waals surface area (Å²) in [6.07, 6.45) is 6.47. The highest BCUT2D eigenvalue weighted by atomic mass is 35.5. The second-order valence-electron chi connectivity index (χ2n) is 11.3. The van der Waals surface area contributed by atoms with E-state index in [1.807, 2.05) is 62.4 Å². The summed E-state index contributed by atoms with van der Waals surface area (Å²) in [6.45, 7) is 3.46. The van der Waals surface area contributed by atoms with E-state index in [0.29, 0.717) is 17.1 Å². The first-order valence-electron chi connectivity index (χ1n) is 14.4. The van der Waals surface area contributed by atoms with E-state index >= 15 is 0 Å². The molecule has 4 rings (SSSR count). The fraction of sp³-hybridized carbons (Fsp3) is 0.394. The number of carbonyl (C=O) groups is 2. The van der Waals surface area contributed by atoms with Gasteiger partial charge in [0.05, 0.1) is 11.9 Å². The Kier molecular flexibility index (Phi) is 10.7. The van der Waals surface area contributed by atoms with Crippen LogP contribution in [0.3, 0.4) is 0 Å². The Hall–Kier alpha value is -3.36. The molecule has 7 nitrogen and oxygen atoms in total. The van der Waals surface area contributed by atoms with Crippen LogP contribution in [0.15, 0.2) is 72.8 Å². The molecule has 224 valence electrons. The number of halogens is 1. The molecule has 2 amide bonds. The summed E-state index contributed by atoms with van der Waals surface area (Å²) >= 11 is 6.13. The van der Waals surface area contributed by atoms with Gasteiger partial charge in [0.2, 0.25) is 21.8 Å². The van der Waals surface area contributed by atoms with Crippen LogP contribution in [0.25, 0.3) is 0 Å². The predicted molar refractivity (Wildman–Crippen MR) is 169 cm³/mol. The number of nitrogens with one attached hydrogen (secondary N) is 1. The highest BCUT2D eigenvalue weighted by Crippen LogP contribution is 2.24. The Balaban J connectivity index is 1.73. The minimum atomic E-state index is -3.82. The molecule has 42 heavy (non-hydrogen) atoms. The fourth-order valence-electron chi connectivity index (χ4n) is 5.59. The van der Waals surface area contributed by atoms with Gasteiger partial charge in [-0.05, 0) is 73.2 Å². The maximum Gasteiger partial charge on any atom is 0.244 e. The van der Waals surface area contributed by atoms with Crippen molar-refractivity contribution in [2.75, 3.05) is 17.1 Å². The van der Waals surface area contributed by atoms with Crippen molar-refractivity contribution in [2.24, 2.45) is 0 Å². The monoisotopic (exact) mass is 609 g/mol. The molecule has 1 fully saturated rings. The van der Waals surface area contributed by atoms with Crippen LogP contribution in [-0.4, -0.2) is 50.0 Å². The first-order valence-corrected chi connectivity index (χ1v) is 16.7. The van der Waals surface area contributed by atoms with Crippen molar-refractivity contribution >= 4 is 39.1 Å². The molecule has 3 aromatic rings. The van der Waals surface area contributed by atoms with Crippen LogP contribution in [0.2, 0.25) is 5.02 Å². The average molecular weight is 610 g/mol. The van der Waals surface area contributed by atoms with E-state index in [-0.39, 0.29) is 18.5 Å². The van der Waals surface area contributed by atoms with Crippen LogP contribution in [-0.2, 0) is 32.6 Å². The van der Waals surface area contributed by atoms with Crippen molar-refractivity contribution in [2.45, 2.75) is 71.0 Å². The molecule has 1 aliphatic carbocycles. The van der Waals surface area contributed by atoms with Crippen LogP contribution in [0, 0.1) is 13.8 Å². The average Bonchev–Trinajstić information content (AvgIpc) is 2.94. The highest BCUT2D eigenvalue weighted by molar-refractivity contribution is 7.92. The molecule has 1 unspecified atom stereocenters. The number of nitrogens with zero attached hydrogens (tertiary/aromatic N) is 2. The number of rotatable bonds is 11. The summed E-state index contributed by atoms with van der Waals surface area (Å²) in [5, 5.41) is 3.77. The van der Waals surface area contributed by atoms with Crippen molar-refractivity contribution in [1.29, 1.82) is 0 Å². The molecule has 0 radical (unpaired) electrons. The predicted octanol–water partition coefficient (Wildman–Crippen LogP) is 5.81. The van der Waals surface area contributed by atoms with Crippen molar-refractivity contribution in [3.05, 3.63) is 100 Å². The number of carbonyl (C=O) groups excluding carboxylic acids is 2. The molecule has 1 saturated carbocycles. The lowest BCUT2D eigenvalue weighted by Gasteiger charge is -2.35. The number of hydrogen-bond acceptors (Lipinski definition) is 4. The molecule has 9 heteroatoms. The second-order valence-corrected chi connectivity index (χ2v) is 13.7. The van der Waals surface area contributed by atoms with Crippen LogP contribution in [0.4, 0.5) is 5.69 Å². The Morgan fingerprint density at radius 2 is 1.52 bits per heavy atom. The number of aryl methyl sites for hydroxylation is 2. The lowest BCUT2D eigenvalue weighted by atomic mass is 9.94. The van der Waals surface area contributed by atoms with Gasteiger partial charge < -0.3 is 10.2 Å². The summed E-state index contributed by atoms with van der Waals surface area (Å²) in [5.74, 6) is -0.695. The van der Waals surface area contributed by atoms with Gasteiger partial charge in [0, 0.05) is 24.0 Å². The molecule has 1 atom stereocenters. The third-order valence-corrected chi connectivity index (χ3v) is 9.06. The van der Waals surface area contributed by atoms with Gasteiger partial charge in [-0.25, -0.2) is 8.42 Å². The van der Waals surface area contributed by atoms with Crippen molar-refractivity contribution in [1.82, 2.24) is 10.2 Å². The summed E-state index contributed by atoms with van der Waals surface area (Å²) in [6, 6.07) is 21.4. The summed E-state index contributed by atoms with van der Waals surface area (Å²) in [5.41, 5.74) is 3.88. The molecular weight excluding hydrogens is 570 g/mol. The molecule has 0 spiro atoms. The van der Waals surface area contributed by atoms with Crippen LogP contribution >= 0.6 is 11.6 Å². The number of hydrogen-bond donors (Lipinski definition) is 1. The molecule has 3 aromatic carbocycles. The normalized spacial score (nSPS) is 14.7. The van der Waals surface area contributed by atoms with E-state index in [0.717, 1.165) is 64.9 Å². The van der Waals surface area contributed by atoms with Crippen LogP contribution in [0.1, 0.15) is 54.4 Å². The Labute approximate surface area is 254 Å². The van der Waals surface area contributed by atoms with Gasteiger partial charge in [-0.1, -0.05) is 79.4 Å². The van der Waals surface area contributed by atoms with E-state index in [2.05, 4.69) is 5.32 Å². The van der Waals surface area contributed by atoms with E-state index in [1.165, 1.54) is 4.90 Å². The standard InChI is InChI=1S/C33H40ClN3O4S/c1-24-18-25(2)20-30(19-24)37(42(3,40)41)23-32(38)36(22-27-14-16-28(34)17-15-27)31(21-26-10-6-4-7-11-26)33(39)35-29-12-8-5-9-13-29/h4,6-7,10-11,14-20,29,31H,5,8-9,12-13,21-23H2,1-3H3,(H,35,39). The topological polar surface area (TPSA) is 86.8 Å². The van der Waals surface area contributed by atoms with E-state index in [4.69, 9.17) is 11.6 Å². The molecule has 1 N–H and O–H groups in total. The van der Waals surface area contributed by atoms with Gasteiger partial charge in [-0.3, -0.25) is 13.9 Å². The number of benzene rings is 3. The molecule has 1 aliphatic rings. The maximum absolute atomic E-state index is 14.3. The molecule has 0 heterocycles. The van der Waals surface area contributed by atoms with Gasteiger partial charge in [0.1, 0.15) is 12.6 Å². The molecule has 0 saturated heterocycles. The number of anilines is 1. The zero-order chi connectivity index (χ0) is 30.3. The summed E-state index contributed by atoms with van der Waals surface area (Å²) in [4.78, 5) is 29.8. The minimum Gasteiger partial charge on any atom is -0.352 e. The lowest BCUT2D eigenvalue weighted by Crippen LogP contribution is -2.55. The van der Waals surface area contributed by atoms with Crippen molar-refractivity contribution in [3.8, 4) is 0 Å². The maximum atomic E-state index is 14.3. The third kappa shape index (κ3) is 8.82. The smallest absolute Gasteiger partial charge is 0.244 e. The van der Waals surface area contributed by atoms with Gasteiger partial charge >= 0.3 is 0 Å². The minimum absolute atomic E-state index is 0.0554. The Morgan fingerprint density at radius 1 is 0.905 bits per heavy atom. The zero-order valence-electron chi connectivity index (χ0n) is 24.6. The SMILES string of the molecule is Cc1cc(C)cc(N(CC(=O)N(Cc2ccc(Cl)cc2)C(Cc2ccccc2)C(=O)NC2CCCCC2)S(C)(=O)=O)c1. The van der Waals surface area contributed by atoms with Crippen molar-refractivity contribution in [3.63, 3.8) is 0 Å². The third-order valence-electron chi connectivity index (χ3n) is 7.66. The summed E-state index contributed by atoms with van der Waals surface area (Å²) < 4.78 is 27.2. The van der Waals surface area contributed by atoms with E-state index < -0.39 is 28.5 Å². The zero-order valence-corrected chi connectivity index (χ0v) is 26.1. The van der Waals surface area contributed by atoms with Gasteiger partial charge in [0.25, 0.3) is 0 Å². The van der Waals surface area contributed by atoms with E-state index in [1.54, 1.807) is 24.3 Å². The second kappa shape index (κ2) is 14.2. The fourth-order valence-corrected chi connectivity index (χ4v) is 6.55. The number of sulfonamides is 1. The van der Waals surface area contributed by atoms with Crippen LogP contribution < -0.4 is 9.62 Å². The first kappa shape index (κ1) is 31.6. The quantitative estimate of drug-likeness (QED) is 0.297. The van der Waals surface area contributed by atoms with E-state index in [9.17, 15) is 18.0 Å². The Morgan fingerprint density at radius 3 is 2.12 bits per heavy atom. The molecule has 0 bridgehead atoms. The van der Waals surface area contributed by atoms with Crippen molar-refractivity contribution < 1.29 is 18.0 Å². The molecule has 0 aromatic heterocycles. The summed E-state index contributed by atoms with van der Waals surface area (Å²) in [7, 11) is -3.82. The van der Waals surface area contributed by atoms with Gasteiger partial charge in [-0.2, -0.15) is 0 Å². The van der Waals surface area contributed by atoms with Crippen LogP contribution in [0.5, 0.6) is 0 Å². The largest absolute Gasteiger partial charge is 0.352 e. The highest BCUT2D eigenvalue weighted by Gasteiger charge is 2.34. The first-order chi connectivity index (χ1) is 20.0. The Bertz CT molecular complexity index is 1450.